The predicted octanol–water partition coefficient (Wildman–Crippen LogP) is 4.20. The fraction of sp³-hybridized carbons (Fsp3) is 0.500. The average Bonchev–Trinajstić information content (AvgIpc) is 2.79. The Hall–Kier alpha value is -1.26. The molecule has 1 aliphatic carbocycles. The molecule has 3 rings (SSSR count). The summed E-state index contributed by atoms with van der Waals surface area (Å²) >= 11 is 11.9. The summed E-state index contributed by atoms with van der Waals surface area (Å²) in [6.07, 6.45) is 4.74. The Bertz CT molecular complexity index is 611. The predicted molar refractivity (Wildman–Crippen MR) is 85.1 cm³/mol. The second-order valence-corrected chi connectivity index (χ2v) is 6.81. The maximum Gasteiger partial charge on any atom is 0.307 e. The standard InChI is InChI=1S/C16H17Cl2NO3/c17-10-4-5-13(12(18)8-10)19-15(21)11-9-14(20)22-16(11)6-2-1-3-7-16/h4-5,8,11H,1-3,6-7,9H2,(H,19,21)/t11-/m0/s1. The van der Waals surface area contributed by atoms with Gasteiger partial charge < -0.3 is 10.1 Å². The van der Waals surface area contributed by atoms with E-state index in [1.807, 2.05) is 0 Å². The van der Waals surface area contributed by atoms with Crippen LogP contribution in [-0.2, 0) is 14.3 Å². The number of esters is 1. The van der Waals surface area contributed by atoms with E-state index in [2.05, 4.69) is 5.32 Å². The van der Waals surface area contributed by atoms with Crippen molar-refractivity contribution in [3.05, 3.63) is 28.2 Å². The van der Waals surface area contributed by atoms with Crippen LogP contribution in [-0.4, -0.2) is 17.5 Å². The number of halogens is 2. The minimum atomic E-state index is -0.627. The first-order chi connectivity index (χ1) is 10.5. The number of carbonyl (C=O) groups excluding carboxylic acids is 2. The van der Waals surface area contributed by atoms with Crippen LogP contribution in [0.15, 0.2) is 18.2 Å². The van der Waals surface area contributed by atoms with Crippen molar-refractivity contribution in [3.8, 4) is 0 Å². The molecular formula is C16H17Cl2NO3. The molecule has 1 heterocycles. The van der Waals surface area contributed by atoms with Crippen molar-refractivity contribution in [1.29, 1.82) is 0 Å². The van der Waals surface area contributed by atoms with Crippen molar-refractivity contribution in [3.63, 3.8) is 0 Å². The van der Waals surface area contributed by atoms with Crippen molar-refractivity contribution in [2.75, 3.05) is 5.32 Å². The average molecular weight is 342 g/mol. The van der Waals surface area contributed by atoms with Gasteiger partial charge in [-0.05, 0) is 43.9 Å². The van der Waals surface area contributed by atoms with Gasteiger partial charge in [0.2, 0.25) is 5.91 Å². The minimum absolute atomic E-state index is 0.136. The number of ether oxygens (including phenoxy) is 1. The maximum atomic E-state index is 12.6. The third kappa shape index (κ3) is 2.95. The van der Waals surface area contributed by atoms with Crippen molar-refractivity contribution in [2.24, 2.45) is 5.92 Å². The number of nitrogens with one attached hydrogen (secondary N) is 1. The molecule has 1 atom stereocenters. The Morgan fingerprint density at radius 3 is 2.64 bits per heavy atom. The first-order valence-electron chi connectivity index (χ1n) is 7.48. The molecule has 0 unspecified atom stereocenters. The number of benzene rings is 1. The van der Waals surface area contributed by atoms with Gasteiger partial charge in [0.15, 0.2) is 0 Å². The Balaban J connectivity index is 1.79. The lowest BCUT2D eigenvalue weighted by atomic mass is 9.75. The summed E-state index contributed by atoms with van der Waals surface area (Å²) in [5.41, 5.74) is -0.125. The summed E-state index contributed by atoms with van der Waals surface area (Å²) < 4.78 is 5.56. The Morgan fingerprint density at radius 2 is 1.95 bits per heavy atom. The van der Waals surface area contributed by atoms with E-state index in [1.165, 1.54) is 0 Å². The molecule has 1 aromatic rings. The fourth-order valence-electron chi connectivity index (χ4n) is 3.44. The number of anilines is 1. The second-order valence-electron chi connectivity index (χ2n) is 5.97. The van der Waals surface area contributed by atoms with Crippen LogP contribution in [0.2, 0.25) is 10.0 Å². The van der Waals surface area contributed by atoms with Gasteiger partial charge in [0.05, 0.1) is 23.0 Å². The van der Waals surface area contributed by atoms with E-state index < -0.39 is 11.5 Å². The Kier molecular flexibility index (Phi) is 4.33. The number of hydrogen-bond acceptors (Lipinski definition) is 3. The van der Waals surface area contributed by atoms with Gasteiger partial charge in [-0.15, -0.1) is 0 Å². The molecule has 22 heavy (non-hydrogen) atoms. The third-order valence-corrected chi connectivity index (χ3v) is 5.08. The van der Waals surface area contributed by atoms with Crippen LogP contribution in [0, 0.1) is 5.92 Å². The lowest BCUT2D eigenvalue weighted by Gasteiger charge is -2.36. The zero-order chi connectivity index (χ0) is 15.7. The first-order valence-corrected chi connectivity index (χ1v) is 8.23. The highest BCUT2D eigenvalue weighted by Gasteiger charge is 2.52. The molecule has 1 spiro atoms. The molecule has 1 N–H and O–H groups in total. The topological polar surface area (TPSA) is 55.4 Å². The molecule has 4 nitrogen and oxygen atoms in total. The minimum Gasteiger partial charge on any atom is -0.458 e. The van der Waals surface area contributed by atoms with E-state index in [4.69, 9.17) is 27.9 Å². The van der Waals surface area contributed by atoms with Crippen molar-refractivity contribution < 1.29 is 14.3 Å². The molecule has 0 bridgehead atoms. The zero-order valence-electron chi connectivity index (χ0n) is 12.0. The van der Waals surface area contributed by atoms with Crippen LogP contribution in [0.4, 0.5) is 5.69 Å². The molecule has 1 saturated carbocycles. The van der Waals surface area contributed by atoms with Crippen LogP contribution in [0.1, 0.15) is 38.5 Å². The zero-order valence-corrected chi connectivity index (χ0v) is 13.5. The van der Waals surface area contributed by atoms with Gasteiger partial charge in [-0.1, -0.05) is 29.6 Å². The van der Waals surface area contributed by atoms with Crippen LogP contribution >= 0.6 is 23.2 Å². The van der Waals surface area contributed by atoms with E-state index in [1.54, 1.807) is 18.2 Å². The smallest absolute Gasteiger partial charge is 0.307 e. The molecular weight excluding hydrogens is 325 g/mol. The molecule has 0 radical (unpaired) electrons. The molecule has 1 aromatic carbocycles. The second kappa shape index (κ2) is 6.09. The first kappa shape index (κ1) is 15.6. The lowest BCUT2D eigenvalue weighted by molar-refractivity contribution is -0.153. The van der Waals surface area contributed by atoms with Crippen molar-refractivity contribution in [2.45, 2.75) is 44.1 Å². The highest BCUT2D eigenvalue weighted by atomic mass is 35.5. The Morgan fingerprint density at radius 1 is 1.23 bits per heavy atom. The summed E-state index contributed by atoms with van der Waals surface area (Å²) in [5, 5.41) is 3.69. The van der Waals surface area contributed by atoms with Gasteiger partial charge in [-0.25, -0.2) is 0 Å². The highest BCUT2D eigenvalue weighted by Crippen LogP contribution is 2.44. The molecule has 2 aliphatic rings. The summed E-state index contributed by atoms with van der Waals surface area (Å²) in [4.78, 5) is 24.4. The lowest BCUT2D eigenvalue weighted by Crippen LogP contribution is -2.43. The van der Waals surface area contributed by atoms with E-state index in [-0.39, 0.29) is 18.3 Å². The van der Waals surface area contributed by atoms with E-state index in [0.29, 0.717) is 15.7 Å². The molecule has 1 aliphatic heterocycles. The maximum absolute atomic E-state index is 12.6. The monoisotopic (exact) mass is 341 g/mol. The number of hydrogen-bond donors (Lipinski definition) is 1. The summed E-state index contributed by atoms with van der Waals surface area (Å²) in [6.45, 7) is 0. The fourth-order valence-corrected chi connectivity index (χ4v) is 3.89. The molecule has 118 valence electrons. The van der Waals surface area contributed by atoms with Gasteiger partial charge in [0, 0.05) is 5.02 Å². The van der Waals surface area contributed by atoms with Gasteiger partial charge in [0.25, 0.3) is 0 Å². The van der Waals surface area contributed by atoms with Crippen molar-refractivity contribution >= 4 is 40.8 Å². The van der Waals surface area contributed by atoms with E-state index in [0.717, 1.165) is 32.1 Å². The van der Waals surface area contributed by atoms with Gasteiger partial charge in [0.1, 0.15) is 5.60 Å². The van der Waals surface area contributed by atoms with E-state index >= 15 is 0 Å². The van der Waals surface area contributed by atoms with Gasteiger partial charge in [-0.3, -0.25) is 9.59 Å². The molecule has 6 heteroatoms. The van der Waals surface area contributed by atoms with Crippen LogP contribution < -0.4 is 5.32 Å². The quantitative estimate of drug-likeness (QED) is 0.820. The molecule has 0 aromatic heterocycles. The van der Waals surface area contributed by atoms with Crippen molar-refractivity contribution in [1.82, 2.24) is 0 Å². The van der Waals surface area contributed by atoms with Gasteiger partial charge >= 0.3 is 5.97 Å². The van der Waals surface area contributed by atoms with Gasteiger partial charge in [-0.2, -0.15) is 0 Å². The van der Waals surface area contributed by atoms with Crippen LogP contribution in [0.5, 0.6) is 0 Å². The molecule has 2 fully saturated rings. The van der Waals surface area contributed by atoms with Crippen LogP contribution in [0.25, 0.3) is 0 Å². The number of carbonyl (C=O) groups is 2. The largest absolute Gasteiger partial charge is 0.458 e. The molecule has 1 amide bonds. The van der Waals surface area contributed by atoms with Crippen LogP contribution in [0.3, 0.4) is 0 Å². The summed E-state index contributed by atoms with van der Waals surface area (Å²) in [6, 6.07) is 4.90. The SMILES string of the molecule is O=C1C[C@@H](C(=O)Nc2ccc(Cl)cc2Cl)C2(CCCCC2)O1. The number of amides is 1. The van der Waals surface area contributed by atoms with E-state index in [9.17, 15) is 9.59 Å². The normalized spacial score (nSPS) is 23.4. The molecule has 1 saturated heterocycles. The number of rotatable bonds is 2. The summed E-state index contributed by atoms with van der Waals surface area (Å²) in [7, 11) is 0. The highest BCUT2D eigenvalue weighted by molar-refractivity contribution is 6.36. The third-order valence-electron chi connectivity index (χ3n) is 4.53. The Labute approximate surface area is 139 Å². The summed E-state index contributed by atoms with van der Waals surface area (Å²) in [5.74, 6) is -0.951.